The van der Waals surface area contributed by atoms with E-state index in [0.717, 1.165) is 0 Å². The van der Waals surface area contributed by atoms with E-state index >= 15 is 0 Å². The molecule has 1 atom stereocenters. The van der Waals surface area contributed by atoms with Gasteiger partial charge in [0.05, 0.1) is 4.87 Å². The maximum atomic E-state index is 6.57. The molecule has 1 saturated heterocycles. The molecule has 1 fully saturated rings. The van der Waals surface area contributed by atoms with Crippen molar-refractivity contribution in [2.75, 3.05) is 0 Å². The van der Waals surface area contributed by atoms with Crippen molar-refractivity contribution in [3.63, 3.8) is 0 Å². The van der Waals surface area contributed by atoms with Crippen LogP contribution >= 0.6 is 69.8 Å². The molecule has 0 amide bonds. The third-order valence-electron chi connectivity index (χ3n) is 4.41. The van der Waals surface area contributed by atoms with Gasteiger partial charge in [-0.15, -0.1) is 11.6 Å². The number of hydrogen-bond donors (Lipinski definition) is 0. The standard InChI is InChI=1S/C10H15Cl6N/c1-6(2)7(3,4)17(16)10(14,15)9(12,13)8(6,5)11/h1-5H3. The molecule has 0 aromatic carbocycles. The molecular weight excluding hydrogens is 347 g/mol. The molecule has 0 aromatic rings. The van der Waals surface area contributed by atoms with Gasteiger partial charge in [-0.25, -0.2) is 0 Å². The number of hydrogen-bond acceptors (Lipinski definition) is 1. The Morgan fingerprint density at radius 1 is 0.765 bits per heavy atom. The largest absolute Gasteiger partial charge is 0.219 e. The van der Waals surface area contributed by atoms with Crippen LogP contribution in [0, 0.1) is 5.41 Å². The van der Waals surface area contributed by atoms with Crippen LogP contribution in [0.25, 0.3) is 0 Å². The average Bonchev–Trinajstić information content (AvgIpc) is 2.13. The van der Waals surface area contributed by atoms with E-state index in [1.165, 1.54) is 4.42 Å². The van der Waals surface area contributed by atoms with Crippen LogP contribution in [0.1, 0.15) is 34.6 Å². The smallest absolute Gasteiger partial charge is 0.177 e. The van der Waals surface area contributed by atoms with Gasteiger partial charge in [0.2, 0.25) is 4.46 Å². The fourth-order valence-corrected chi connectivity index (χ4v) is 4.30. The Morgan fingerprint density at radius 3 is 1.47 bits per heavy atom. The Balaban J connectivity index is 3.56. The molecule has 7 heteroatoms. The highest BCUT2D eigenvalue weighted by Gasteiger charge is 2.75. The van der Waals surface area contributed by atoms with Crippen molar-refractivity contribution >= 4 is 69.8 Å². The highest BCUT2D eigenvalue weighted by atomic mass is 35.5. The minimum absolute atomic E-state index is 0.542. The van der Waals surface area contributed by atoms with Crippen molar-refractivity contribution in [2.45, 2.75) is 53.8 Å². The van der Waals surface area contributed by atoms with Crippen LogP contribution in [-0.2, 0) is 0 Å². The molecule has 102 valence electrons. The number of nitrogens with zero attached hydrogens (tertiary/aromatic N) is 1. The number of rotatable bonds is 0. The highest BCUT2D eigenvalue weighted by Crippen LogP contribution is 2.68. The molecule has 0 radical (unpaired) electrons. The summed E-state index contributed by atoms with van der Waals surface area (Å²) in [6.07, 6.45) is 0. The molecule has 0 spiro atoms. The van der Waals surface area contributed by atoms with Gasteiger partial charge in [0.15, 0.2) is 4.33 Å². The third-order valence-corrected chi connectivity index (χ3v) is 8.80. The molecule has 1 unspecified atom stereocenters. The summed E-state index contributed by atoms with van der Waals surface area (Å²) in [6, 6.07) is 0. The van der Waals surface area contributed by atoms with Crippen molar-refractivity contribution < 1.29 is 0 Å². The number of halogens is 6. The lowest BCUT2D eigenvalue weighted by Gasteiger charge is -2.65. The second-order valence-corrected chi connectivity index (χ2v) is 9.29. The van der Waals surface area contributed by atoms with Crippen LogP contribution in [0.4, 0.5) is 0 Å². The van der Waals surface area contributed by atoms with Gasteiger partial charge < -0.3 is 0 Å². The van der Waals surface area contributed by atoms with Crippen molar-refractivity contribution in [3.05, 3.63) is 0 Å². The van der Waals surface area contributed by atoms with Crippen LogP contribution in [0.3, 0.4) is 0 Å². The number of alkyl halides is 5. The zero-order valence-corrected chi connectivity index (χ0v) is 14.8. The summed E-state index contributed by atoms with van der Waals surface area (Å²) in [5.74, 6) is 0. The first kappa shape index (κ1) is 16.8. The quantitative estimate of drug-likeness (QED) is 0.310. The van der Waals surface area contributed by atoms with Gasteiger partial charge in [0.1, 0.15) is 0 Å². The molecule has 1 nitrogen and oxygen atoms in total. The molecule has 0 N–H and O–H groups in total. The van der Waals surface area contributed by atoms with E-state index in [1.54, 1.807) is 6.92 Å². The van der Waals surface area contributed by atoms with E-state index in [1.807, 2.05) is 27.7 Å². The van der Waals surface area contributed by atoms with Crippen molar-refractivity contribution in [3.8, 4) is 0 Å². The molecular formula is C10H15Cl6N. The topological polar surface area (TPSA) is 3.24 Å². The third kappa shape index (κ3) is 1.77. The van der Waals surface area contributed by atoms with Gasteiger partial charge in [0, 0.05) is 11.0 Å². The van der Waals surface area contributed by atoms with E-state index in [-0.39, 0.29) is 0 Å². The first-order valence-electron chi connectivity index (χ1n) is 5.06. The van der Waals surface area contributed by atoms with Crippen molar-refractivity contribution in [1.29, 1.82) is 0 Å². The Kier molecular flexibility index (Phi) is 4.04. The fourth-order valence-electron chi connectivity index (χ4n) is 1.97. The SMILES string of the molecule is CC1(C)N(Cl)C(Cl)(Cl)C(Cl)(Cl)C(C)(Cl)C1(C)C. The zero-order chi connectivity index (χ0) is 14.1. The van der Waals surface area contributed by atoms with E-state index in [9.17, 15) is 0 Å². The van der Waals surface area contributed by atoms with E-state index in [4.69, 9.17) is 69.8 Å². The Labute approximate surface area is 133 Å². The lowest BCUT2D eigenvalue weighted by Crippen LogP contribution is -2.77. The summed E-state index contributed by atoms with van der Waals surface area (Å²) in [7, 11) is 0. The minimum Gasteiger partial charge on any atom is -0.177 e. The normalized spacial score (nSPS) is 39.0. The van der Waals surface area contributed by atoms with Crippen LogP contribution in [-0.4, -0.2) is 23.6 Å². The first-order valence-corrected chi connectivity index (χ1v) is 7.29. The first-order chi connectivity index (χ1) is 7.15. The summed E-state index contributed by atoms with van der Waals surface area (Å²) in [5.41, 5.74) is -1.15. The van der Waals surface area contributed by atoms with E-state index < -0.39 is 24.6 Å². The maximum absolute atomic E-state index is 6.57. The second kappa shape index (κ2) is 4.10. The molecule has 0 aliphatic carbocycles. The van der Waals surface area contributed by atoms with Gasteiger partial charge in [-0.1, -0.05) is 60.3 Å². The summed E-state index contributed by atoms with van der Waals surface area (Å²) < 4.78 is -2.09. The van der Waals surface area contributed by atoms with Crippen molar-refractivity contribution in [1.82, 2.24) is 4.42 Å². The summed E-state index contributed by atoms with van der Waals surface area (Å²) in [4.78, 5) is -1.07. The molecule has 17 heavy (non-hydrogen) atoms. The Bertz CT molecular complexity index is 304. The molecule has 0 aromatic heterocycles. The van der Waals surface area contributed by atoms with Gasteiger partial charge in [-0.2, -0.15) is 4.42 Å². The fraction of sp³-hybridized carbons (Fsp3) is 1.00. The van der Waals surface area contributed by atoms with Crippen LogP contribution in [0.5, 0.6) is 0 Å². The summed E-state index contributed by atoms with van der Waals surface area (Å²) in [6.45, 7) is 9.36. The molecule has 1 heterocycles. The molecule has 1 aliphatic heterocycles. The van der Waals surface area contributed by atoms with Crippen LogP contribution < -0.4 is 0 Å². The lowest BCUT2D eigenvalue weighted by atomic mass is 9.62. The van der Waals surface area contributed by atoms with Gasteiger partial charge in [0.25, 0.3) is 0 Å². The molecule has 1 rings (SSSR count). The van der Waals surface area contributed by atoms with Gasteiger partial charge >= 0.3 is 0 Å². The van der Waals surface area contributed by atoms with E-state index in [0.29, 0.717) is 0 Å². The van der Waals surface area contributed by atoms with Crippen LogP contribution in [0.2, 0.25) is 0 Å². The van der Waals surface area contributed by atoms with Crippen molar-refractivity contribution in [2.24, 2.45) is 5.41 Å². The lowest BCUT2D eigenvalue weighted by molar-refractivity contribution is -0.0311. The Hall–Kier alpha value is 1.70. The van der Waals surface area contributed by atoms with Gasteiger partial charge in [-0.3, -0.25) is 0 Å². The van der Waals surface area contributed by atoms with Gasteiger partial charge in [-0.05, 0) is 32.5 Å². The summed E-state index contributed by atoms with van der Waals surface area (Å²) >= 11 is 37.9. The maximum Gasteiger partial charge on any atom is 0.219 e. The predicted octanol–water partition coefficient (Wildman–Crippen LogP) is 5.56. The monoisotopic (exact) mass is 359 g/mol. The molecule has 1 aliphatic rings. The summed E-state index contributed by atoms with van der Waals surface area (Å²) in [5, 5.41) is 0. The molecule has 0 saturated carbocycles. The van der Waals surface area contributed by atoms with Crippen LogP contribution in [0.15, 0.2) is 0 Å². The zero-order valence-electron chi connectivity index (χ0n) is 10.2. The Morgan fingerprint density at radius 2 is 1.12 bits per heavy atom. The average molecular weight is 362 g/mol. The van der Waals surface area contributed by atoms with E-state index in [2.05, 4.69) is 0 Å². The number of piperidine rings is 1. The predicted molar refractivity (Wildman–Crippen MR) is 78.7 cm³/mol. The highest BCUT2D eigenvalue weighted by molar-refractivity contribution is 6.66. The molecule has 0 bridgehead atoms. The second-order valence-electron chi connectivity index (χ2n) is 5.58. The minimum atomic E-state index is -1.70.